The lowest BCUT2D eigenvalue weighted by molar-refractivity contribution is 0.102. The van der Waals surface area contributed by atoms with Crippen LogP contribution in [0.4, 0.5) is 23.0 Å². The second-order valence-electron chi connectivity index (χ2n) is 7.21. The maximum absolute atomic E-state index is 12.5. The zero-order valence-electron chi connectivity index (χ0n) is 17.6. The van der Waals surface area contributed by atoms with Gasteiger partial charge in [-0.2, -0.15) is 0 Å². The van der Waals surface area contributed by atoms with Gasteiger partial charge in [-0.05, 0) is 49.1 Å². The minimum absolute atomic E-state index is 0.180. The second-order valence-corrected chi connectivity index (χ2v) is 7.97. The molecule has 1 fully saturated rings. The van der Waals surface area contributed by atoms with Crippen molar-refractivity contribution in [2.45, 2.75) is 26.7 Å². The van der Waals surface area contributed by atoms with E-state index < -0.39 is 0 Å². The zero-order valence-corrected chi connectivity index (χ0v) is 18.4. The highest BCUT2D eigenvalue weighted by atomic mass is 32.1. The van der Waals surface area contributed by atoms with Gasteiger partial charge in [0.1, 0.15) is 22.3 Å². The number of anilines is 4. The molecular weight excluding hydrogens is 414 g/mol. The van der Waals surface area contributed by atoms with Gasteiger partial charge in [0.25, 0.3) is 5.91 Å². The Kier molecular flexibility index (Phi) is 6.68. The van der Waals surface area contributed by atoms with Gasteiger partial charge in [0.15, 0.2) is 0 Å². The van der Waals surface area contributed by atoms with Crippen LogP contribution in [0.15, 0.2) is 30.3 Å². The molecule has 2 aromatic heterocycles. The molecule has 10 heteroatoms. The van der Waals surface area contributed by atoms with Crippen LogP contribution < -0.4 is 15.5 Å². The molecule has 0 bridgehead atoms. The maximum atomic E-state index is 12.5. The summed E-state index contributed by atoms with van der Waals surface area (Å²) in [6.45, 7) is 6.98. The highest BCUT2D eigenvalue weighted by Crippen LogP contribution is 2.22. The zero-order chi connectivity index (χ0) is 21.6. The standard InChI is InChI=1S/C21H25N7O2S/c1-3-4-17-20(31-27-26-17)21(29)25-16-7-5-15(6-8-16)24-18-13-19(23-14(2)22-18)28-9-11-30-12-10-28/h5-8,13H,3-4,9-12H2,1-2H3,(H,25,29)(H,22,23,24). The molecule has 31 heavy (non-hydrogen) atoms. The Morgan fingerprint density at radius 2 is 1.90 bits per heavy atom. The number of aromatic nitrogens is 4. The average Bonchev–Trinajstić information content (AvgIpc) is 3.24. The van der Waals surface area contributed by atoms with Crippen LogP contribution in [-0.2, 0) is 11.2 Å². The first kappa shape index (κ1) is 21.1. The lowest BCUT2D eigenvalue weighted by Gasteiger charge is -2.28. The molecule has 1 amide bonds. The molecule has 9 nitrogen and oxygen atoms in total. The van der Waals surface area contributed by atoms with E-state index >= 15 is 0 Å². The SMILES string of the molecule is CCCc1nnsc1C(=O)Nc1ccc(Nc2cc(N3CCOCC3)nc(C)n2)cc1. The van der Waals surface area contributed by atoms with Crippen molar-refractivity contribution in [1.29, 1.82) is 0 Å². The topological polar surface area (TPSA) is 105 Å². The van der Waals surface area contributed by atoms with Gasteiger partial charge in [0, 0.05) is 30.5 Å². The third kappa shape index (κ3) is 5.33. The normalized spacial score (nSPS) is 13.8. The number of ether oxygens (including phenoxy) is 1. The summed E-state index contributed by atoms with van der Waals surface area (Å²) in [5.74, 6) is 2.14. The monoisotopic (exact) mass is 439 g/mol. The molecule has 1 saturated heterocycles. The van der Waals surface area contributed by atoms with E-state index in [4.69, 9.17) is 4.74 Å². The molecule has 0 saturated carbocycles. The molecule has 3 aromatic rings. The number of benzene rings is 1. The molecular formula is C21H25N7O2S. The molecule has 3 heterocycles. The van der Waals surface area contributed by atoms with E-state index in [0.29, 0.717) is 29.6 Å². The van der Waals surface area contributed by atoms with Crippen LogP contribution in [-0.4, -0.2) is 51.8 Å². The minimum Gasteiger partial charge on any atom is -0.378 e. The number of hydrogen-bond acceptors (Lipinski definition) is 9. The lowest BCUT2D eigenvalue weighted by Crippen LogP contribution is -2.36. The van der Waals surface area contributed by atoms with Crippen molar-refractivity contribution >= 4 is 40.5 Å². The largest absolute Gasteiger partial charge is 0.378 e. The summed E-state index contributed by atoms with van der Waals surface area (Å²) in [5.41, 5.74) is 2.33. The molecule has 1 aromatic carbocycles. The fourth-order valence-corrected chi connectivity index (χ4v) is 3.93. The van der Waals surface area contributed by atoms with Gasteiger partial charge in [-0.25, -0.2) is 9.97 Å². The number of hydrogen-bond donors (Lipinski definition) is 2. The van der Waals surface area contributed by atoms with E-state index in [1.165, 1.54) is 0 Å². The van der Waals surface area contributed by atoms with Crippen molar-refractivity contribution < 1.29 is 9.53 Å². The van der Waals surface area contributed by atoms with Gasteiger partial charge >= 0.3 is 0 Å². The summed E-state index contributed by atoms with van der Waals surface area (Å²) in [7, 11) is 0. The second kappa shape index (κ2) is 9.80. The third-order valence-electron chi connectivity index (χ3n) is 4.82. The van der Waals surface area contributed by atoms with E-state index in [1.54, 1.807) is 0 Å². The van der Waals surface area contributed by atoms with Crippen molar-refractivity contribution in [3.8, 4) is 0 Å². The molecule has 4 rings (SSSR count). The fourth-order valence-electron chi connectivity index (χ4n) is 3.32. The fraction of sp³-hybridized carbons (Fsp3) is 0.381. The molecule has 0 radical (unpaired) electrons. The van der Waals surface area contributed by atoms with E-state index in [1.807, 2.05) is 37.3 Å². The van der Waals surface area contributed by atoms with E-state index in [0.717, 1.165) is 60.5 Å². The quantitative estimate of drug-likeness (QED) is 0.577. The third-order valence-corrected chi connectivity index (χ3v) is 5.59. The van der Waals surface area contributed by atoms with Gasteiger partial charge in [-0.15, -0.1) is 5.10 Å². The van der Waals surface area contributed by atoms with Gasteiger partial charge in [0.2, 0.25) is 0 Å². The Morgan fingerprint density at radius 3 is 2.65 bits per heavy atom. The summed E-state index contributed by atoms with van der Waals surface area (Å²) < 4.78 is 9.33. The van der Waals surface area contributed by atoms with Crippen LogP contribution >= 0.6 is 11.5 Å². The van der Waals surface area contributed by atoms with E-state index in [9.17, 15) is 4.79 Å². The highest BCUT2D eigenvalue weighted by Gasteiger charge is 2.16. The van der Waals surface area contributed by atoms with Crippen molar-refractivity contribution in [1.82, 2.24) is 19.6 Å². The first-order valence-corrected chi connectivity index (χ1v) is 11.1. The van der Waals surface area contributed by atoms with Crippen LogP contribution in [0.3, 0.4) is 0 Å². The molecule has 0 aliphatic carbocycles. The number of nitrogens with one attached hydrogen (secondary N) is 2. The summed E-state index contributed by atoms with van der Waals surface area (Å²) >= 11 is 1.12. The summed E-state index contributed by atoms with van der Waals surface area (Å²) in [4.78, 5) is 24.4. The van der Waals surface area contributed by atoms with Crippen LogP contribution in [0.25, 0.3) is 0 Å². The van der Waals surface area contributed by atoms with E-state index in [-0.39, 0.29) is 5.91 Å². The molecule has 1 aliphatic heterocycles. The highest BCUT2D eigenvalue weighted by molar-refractivity contribution is 7.08. The van der Waals surface area contributed by atoms with Crippen molar-refractivity contribution in [3.63, 3.8) is 0 Å². The first-order chi connectivity index (χ1) is 15.1. The Morgan fingerprint density at radius 1 is 1.16 bits per heavy atom. The predicted octanol–water partition coefficient (Wildman–Crippen LogP) is 3.42. The molecule has 0 atom stereocenters. The van der Waals surface area contributed by atoms with Gasteiger partial charge in [-0.3, -0.25) is 4.79 Å². The van der Waals surface area contributed by atoms with Crippen LogP contribution in [0, 0.1) is 6.92 Å². The smallest absolute Gasteiger partial charge is 0.269 e. The Hall–Kier alpha value is -3.11. The molecule has 2 N–H and O–H groups in total. The average molecular weight is 440 g/mol. The predicted molar refractivity (Wildman–Crippen MR) is 121 cm³/mol. The lowest BCUT2D eigenvalue weighted by atomic mass is 10.2. The summed E-state index contributed by atoms with van der Waals surface area (Å²) in [6.07, 6.45) is 1.66. The van der Waals surface area contributed by atoms with Crippen molar-refractivity contribution in [2.75, 3.05) is 41.8 Å². The van der Waals surface area contributed by atoms with Crippen LogP contribution in [0.1, 0.15) is 34.5 Å². The number of amides is 1. The summed E-state index contributed by atoms with van der Waals surface area (Å²) in [5, 5.41) is 10.3. The number of aryl methyl sites for hydroxylation is 2. The maximum Gasteiger partial charge on any atom is 0.269 e. The molecule has 162 valence electrons. The molecule has 0 unspecified atom stereocenters. The van der Waals surface area contributed by atoms with Gasteiger partial charge < -0.3 is 20.3 Å². The minimum atomic E-state index is -0.180. The van der Waals surface area contributed by atoms with Gasteiger partial charge in [-0.1, -0.05) is 17.8 Å². The Balaban J connectivity index is 1.42. The molecule has 1 aliphatic rings. The van der Waals surface area contributed by atoms with Crippen molar-refractivity contribution in [2.24, 2.45) is 0 Å². The van der Waals surface area contributed by atoms with Crippen LogP contribution in [0.2, 0.25) is 0 Å². The number of carbonyl (C=O) groups excluding carboxylic acids is 1. The summed E-state index contributed by atoms with van der Waals surface area (Å²) in [6, 6.07) is 9.45. The number of carbonyl (C=O) groups is 1. The van der Waals surface area contributed by atoms with Crippen molar-refractivity contribution in [3.05, 3.63) is 46.7 Å². The first-order valence-electron chi connectivity index (χ1n) is 10.3. The number of morpholine rings is 1. The number of nitrogens with zero attached hydrogens (tertiary/aromatic N) is 5. The van der Waals surface area contributed by atoms with Gasteiger partial charge in [0.05, 0.1) is 18.9 Å². The Labute approximate surface area is 185 Å². The molecule has 0 spiro atoms. The Bertz CT molecular complexity index is 1030. The number of rotatable bonds is 7. The van der Waals surface area contributed by atoms with Crippen LogP contribution in [0.5, 0.6) is 0 Å². The van der Waals surface area contributed by atoms with E-state index in [2.05, 4.69) is 42.0 Å².